The Balaban J connectivity index is 1.84. The van der Waals surface area contributed by atoms with Crippen LogP contribution in [0.4, 0.5) is 5.82 Å². The van der Waals surface area contributed by atoms with Crippen LogP contribution in [0.15, 0.2) is 28.0 Å². The van der Waals surface area contributed by atoms with Crippen molar-refractivity contribution in [3.8, 4) is 0 Å². The van der Waals surface area contributed by atoms with Gasteiger partial charge in [0.15, 0.2) is 0 Å². The van der Waals surface area contributed by atoms with Crippen LogP contribution < -0.4 is 10.5 Å². The van der Waals surface area contributed by atoms with Crippen LogP contribution in [0.2, 0.25) is 0 Å². The molecule has 0 atom stereocenters. The van der Waals surface area contributed by atoms with Crippen molar-refractivity contribution >= 4 is 51.7 Å². The number of aromatic nitrogens is 2. The minimum Gasteiger partial charge on any atom is -0.353 e. The molecule has 2 aromatic heterocycles. The van der Waals surface area contributed by atoms with Gasteiger partial charge in [-0.2, -0.15) is 0 Å². The lowest BCUT2D eigenvalue weighted by Crippen LogP contribution is -2.45. The van der Waals surface area contributed by atoms with Crippen LogP contribution in [-0.4, -0.2) is 69.2 Å². The first-order chi connectivity index (χ1) is 14.7. The fourth-order valence-electron chi connectivity index (χ4n) is 3.79. The van der Waals surface area contributed by atoms with E-state index in [9.17, 15) is 9.59 Å². The van der Waals surface area contributed by atoms with Gasteiger partial charge >= 0.3 is 0 Å². The second-order valence-corrected chi connectivity index (χ2v) is 10.2. The number of aryl methyl sites for hydroxylation is 1. The van der Waals surface area contributed by atoms with Gasteiger partial charge in [-0.15, -0.1) is 0 Å². The van der Waals surface area contributed by atoms with Gasteiger partial charge in [0.25, 0.3) is 11.5 Å². The largest absolute Gasteiger partial charge is 0.353 e. The molecule has 2 aliphatic rings. The highest BCUT2D eigenvalue weighted by Crippen LogP contribution is 2.34. The van der Waals surface area contributed by atoms with Crippen molar-refractivity contribution in [3.05, 3.63) is 44.7 Å². The smallest absolute Gasteiger partial charge is 0.267 e. The van der Waals surface area contributed by atoms with Crippen molar-refractivity contribution in [2.75, 3.05) is 44.7 Å². The van der Waals surface area contributed by atoms with Crippen LogP contribution in [-0.2, 0) is 4.79 Å². The molecule has 0 N–H and O–H groups in total. The zero-order chi connectivity index (χ0) is 22.3. The molecule has 4 rings (SSSR count). The quantitative estimate of drug-likeness (QED) is 0.517. The number of fused-ring (bicyclic) bond motifs is 1. The number of hydrogen-bond donors (Lipinski definition) is 0. The lowest BCUT2D eigenvalue weighted by molar-refractivity contribution is -0.122. The molecule has 2 aliphatic heterocycles. The van der Waals surface area contributed by atoms with E-state index in [1.54, 1.807) is 21.6 Å². The summed E-state index contributed by atoms with van der Waals surface area (Å²) in [6, 6.07) is 3.81. The Kier molecular flexibility index (Phi) is 6.18. The minimum absolute atomic E-state index is 0.137. The summed E-state index contributed by atoms with van der Waals surface area (Å²) in [5.41, 5.74) is 1.85. The number of carbonyl (C=O) groups is 1. The lowest BCUT2D eigenvalue weighted by atomic mass is 10.2. The summed E-state index contributed by atoms with van der Waals surface area (Å²) in [6.07, 6.45) is 3.48. The van der Waals surface area contributed by atoms with E-state index in [0.717, 1.165) is 31.7 Å². The van der Waals surface area contributed by atoms with E-state index >= 15 is 0 Å². The fourth-order valence-corrected chi connectivity index (χ4v) is 5.04. The Morgan fingerprint density at radius 1 is 1.19 bits per heavy atom. The number of amides is 1. The molecule has 9 heteroatoms. The maximum Gasteiger partial charge on any atom is 0.267 e. The first-order valence-electron chi connectivity index (χ1n) is 10.5. The normalized spacial score (nSPS) is 19.5. The molecule has 0 radical (unpaired) electrons. The van der Waals surface area contributed by atoms with Gasteiger partial charge in [-0.1, -0.05) is 43.9 Å². The van der Waals surface area contributed by atoms with E-state index in [4.69, 9.17) is 17.2 Å². The molecule has 0 spiro atoms. The summed E-state index contributed by atoms with van der Waals surface area (Å²) in [7, 11) is 2.09. The van der Waals surface area contributed by atoms with Crippen molar-refractivity contribution in [1.82, 2.24) is 19.2 Å². The second-order valence-electron chi connectivity index (χ2n) is 8.57. The number of likely N-dealkylation sites (N-methyl/N-ethyl adjacent to an activating group) is 1. The highest BCUT2D eigenvalue weighted by atomic mass is 32.2. The summed E-state index contributed by atoms with van der Waals surface area (Å²) in [5.74, 6) is 0.802. The molecule has 0 unspecified atom stereocenters. The number of thioether (sulfide) groups is 1. The zero-order valence-electron chi connectivity index (χ0n) is 18.3. The van der Waals surface area contributed by atoms with Crippen LogP contribution in [0.25, 0.3) is 11.7 Å². The molecule has 164 valence electrons. The number of nitrogens with zero attached hydrogens (tertiary/aromatic N) is 5. The number of thiocarbonyl (C=S) groups is 1. The third-order valence-electron chi connectivity index (χ3n) is 5.48. The summed E-state index contributed by atoms with van der Waals surface area (Å²) in [6.45, 7) is 9.96. The molecule has 2 fully saturated rings. The average molecular weight is 458 g/mol. The van der Waals surface area contributed by atoms with Gasteiger partial charge in [-0.25, -0.2) is 4.98 Å². The SMILES string of the molecule is Cc1ccc2nc(N3CCN(C)CC3)c(/C=C3\SC(=S)N(CC(C)C)C3=O)c(=O)n2c1. The number of pyridine rings is 1. The van der Waals surface area contributed by atoms with E-state index < -0.39 is 0 Å². The highest BCUT2D eigenvalue weighted by Gasteiger charge is 2.33. The predicted molar refractivity (Wildman–Crippen MR) is 131 cm³/mol. The molecule has 0 aliphatic carbocycles. The van der Waals surface area contributed by atoms with Gasteiger partial charge in [0.1, 0.15) is 15.8 Å². The van der Waals surface area contributed by atoms with Crippen molar-refractivity contribution in [2.45, 2.75) is 20.8 Å². The van der Waals surface area contributed by atoms with E-state index in [1.807, 2.05) is 19.1 Å². The van der Waals surface area contributed by atoms with Gasteiger partial charge in [0.2, 0.25) is 0 Å². The van der Waals surface area contributed by atoms with E-state index in [1.165, 1.54) is 11.8 Å². The van der Waals surface area contributed by atoms with Crippen molar-refractivity contribution in [1.29, 1.82) is 0 Å². The Bertz CT molecular complexity index is 1130. The van der Waals surface area contributed by atoms with Crippen LogP contribution >= 0.6 is 24.0 Å². The molecule has 7 nitrogen and oxygen atoms in total. The summed E-state index contributed by atoms with van der Waals surface area (Å²) < 4.78 is 2.10. The highest BCUT2D eigenvalue weighted by molar-refractivity contribution is 8.26. The molecule has 2 aromatic rings. The monoisotopic (exact) mass is 457 g/mol. The first-order valence-corrected chi connectivity index (χ1v) is 11.7. The Labute approximate surface area is 191 Å². The van der Waals surface area contributed by atoms with Crippen LogP contribution in [0.3, 0.4) is 0 Å². The van der Waals surface area contributed by atoms with Crippen LogP contribution in [0.5, 0.6) is 0 Å². The first kappa shape index (κ1) is 22.0. The van der Waals surface area contributed by atoms with Crippen LogP contribution in [0, 0.1) is 12.8 Å². The minimum atomic E-state index is -0.170. The summed E-state index contributed by atoms with van der Waals surface area (Å²) >= 11 is 6.70. The standard InChI is InChI=1S/C22H27N5O2S2/c1-14(2)12-27-21(29)17(31-22(27)30)11-16-19(25-9-7-24(4)8-10-25)23-18-6-5-15(3)13-26(18)20(16)28/h5-6,11,13-14H,7-10,12H2,1-4H3/b17-11-. The van der Waals surface area contributed by atoms with Gasteiger partial charge in [-0.3, -0.25) is 18.9 Å². The van der Waals surface area contributed by atoms with Gasteiger partial charge in [0.05, 0.1) is 10.5 Å². The molecule has 0 bridgehead atoms. The molecule has 4 heterocycles. The molecule has 0 saturated carbocycles. The fraction of sp³-hybridized carbons (Fsp3) is 0.455. The number of rotatable bonds is 4. The number of hydrogen-bond acceptors (Lipinski definition) is 7. The van der Waals surface area contributed by atoms with Gasteiger partial charge in [-0.05, 0) is 37.6 Å². The van der Waals surface area contributed by atoms with Crippen molar-refractivity contribution in [3.63, 3.8) is 0 Å². The number of anilines is 1. The lowest BCUT2D eigenvalue weighted by Gasteiger charge is -2.34. The molecule has 31 heavy (non-hydrogen) atoms. The van der Waals surface area contributed by atoms with Gasteiger partial charge in [0, 0.05) is 38.9 Å². The summed E-state index contributed by atoms with van der Waals surface area (Å²) in [4.78, 5) is 37.9. The average Bonchev–Trinajstić information content (AvgIpc) is 2.98. The summed E-state index contributed by atoms with van der Waals surface area (Å²) in [5, 5.41) is 0. The number of piperazine rings is 1. The predicted octanol–water partition coefficient (Wildman–Crippen LogP) is 2.61. The second kappa shape index (κ2) is 8.72. The molecule has 1 amide bonds. The topological polar surface area (TPSA) is 61.2 Å². The molecule has 2 saturated heterocycles. The van der Waals surface area contributed by atoms with E-state index in [0.29, 0.717) is 38.7 Å². The maximum absolute atomic E-state index is 13.5. The molecule has 0 aromatic carbocycles. The maximum atomic E-state index is 13.5. The van der Waals surface area contributed by atoms with Gasteiger partial charge < -0.3 is 9.80 Å². The Morgan fingerprint density at radius 2 is 1.90 bits per heavy atom. The zero-order valence-corrected chi connectivity index (χ0v) is 19.9. The molecular formula is C22H27N5O2S2. The van der Waals surface area contributed by atoms with Crippen molar-refractivity contribution < 1.29 is 4.79 Å². The Morgan fingerprint density at radius 3 is 2.58 bits per heavy atom. The Hall–Kier alpha value is -2.23. The molecular weight excluding hydrogens is 430 g/mol. The van der Waals surface area contributed by atoms with E-state index in [-0.39, 0.29) is 11.5 Å². The third-order valence-corrected chi connectivity index (χ3v) is 6.86. The number of carbonyl (C=O) groups excluding carboxylic acids is 1. The van der Waals surface area contributed by atoms with Crippen LogP contribution in [0.1, 0.15) is 25.0 Å². The van der Waals surface area contributed by atoms with Crippen molar-refractivity contribution in [2.24, 2.45) is 5.92 Å². The van der Waals surface area contributed by atoms with E-state index in [2.05, 4.69) is 30.7 Å². The third kappa shape index (κ3) is 4.40.